The fraction of sp³-hybridized carbons (Fsp3) is 0.233. The van der Waals surface area contributed by atoms with Gasteiger partial charge >= 0.3 is 0 Å². The summed E-state index contributed by atoms with van der Waals surface area (Å²) in [4.78, 5) is 21.0. The van der Waals surface area contributed by atoms with Crippen LogP contribution in [0.5, 0.6) is 0 Å². The van der Waals surface area contributed by atoms with Gasteiger partial charge in [-0.3, -0.25) is 4.79 Å². The predicted octanol–water partition coefficient (Wildman–Crippen LogP) is 5.50. The number of rotatable bonds is 4. The molecule has 6 rings (SSSR count). The highest BCUT2D eigenvalue weighted by atomic mass is 19.1. The van der Waals surface area contributed by atoms with E-state index in [4.69, 9.17) is 0 Å². The van der Waals surface area contributed by atoms with Crippen molar-refractivity contribution in [2.75, 3.05) is 48.3 Å². The molecule has 0 atom stereocenters. The number of fused-ring (bicyclic) bond motifs is 3. The third-order valence-electron chi connectivity index (χ3n) is 7.72. The minimum atomic E-state index is -0.277. The zero-order chi connectivity index (χ0) is 25.7. The maximum absolute atomic E-state index is 13.7. The molecule has 0 amide bonds. The topological polar surface area (TPSA) is 56.3 Å². The van der Waals surface area contributed by atoms with Gasteiger partial charge in [-0.2, -0.15) is 0 Å². The molecular formula is C30H30FN5O. The number of aryl methyl sites for hydroxylation is 1. The summed E-state index contributed by atoms with van der Waals surface area (Å²) >= 11 is 0. The molecule has 0 aliphatic carbocycles. The maximum Gasteiger partial charge on any atom is 0.258 e. The number of aromatic nitrogens is 2. The van der Waals surface area contributed by atoms with Gasteiger partial charge in [0, 0.05) is 79.3 Å². The molecule has 0 spiro atoms. The van der Waals surface area contributed by atoms with Crippen LogP contribution in [0.1, 0.15) is 5.69 Å². The third-order valence-corrected chi connectivity index (χ3v) is 7.72. The Morgan fingerprint density at radius 3 is 2.11 bits per heavy atom. The van der Waals surface area contributed by atoms with E-state index in [-0.39, 0.29) is 11.4 Å². The first-order valence-electron chi connectivity index (χ1n) is 12.6. The van der Waals surface area contributed by atoms with E-state index in [0.29, 0.717) is 5.39 Å². The minimum absolute atomic E-state index is 0.102. The number of H-pyrrole nitrogens is 1. The van der Waals surface area contributed by atoms with E-state index in [1.54, 1.807) is 12.1 Å². The highest BCUT2D eigenvalue weighted by Crippen LogP contribution is 2.37. The highest BCUT2D eigenvalue weighted by molar-refractivity contribution is 6.14. The summed E-state index contributed by atoms with van der Waals surface area (Å²) in [6.07, 6.45) is 0. The third kappa shape index (κ3) is 3.91. The van der Waals surface area contributed by atoms with Gasteiger partial charge in [0.2, 0.25) is 0 Å². The smallest absolute Gasteiger partial charge is 0.258 e. The van der Waals surface area contributed by atoms with Crippen molar-refractivity contribution >= 4 is 38.7 Å². The highest BCUT2D eigenvalue weighted by Gasteiger charge is 2.22. The van der Waals surface area contributed by atoms with Gasteiger partial charge in [0.25, 0.3) is 5.56 Å². The second-order valence-corrected chi connectivity index (χ2v) is 9.70. The van der Waals surface area contributed by atoms with Gasteiger partial charge in [0.1, 0.15) is 5.82 Å². The Morgan fingerprint density at radius 2 is 1.46 bits per heavy atom. The van der Waals surface area contributed by atoms with Gasteiger partial charge in [0.15, 0.2) is 0 Å². The van der Waals surface area contributed by atoms with E-state index >= 15 is 0 Å². The Balaban J connectivity index is 1.40. The van der Waals surface area contributed by atoms with Crippen LogP contribution in [0.4, 0.5) is 21.5 Å². The van der Waals surface area contributed by atoms with E-state index in [9.17, 15) is 9.18 Å². The molecule has 37 heavy (non-hydrogen) atoms. The number of halogens is 1. The van der Waals surface area contributed by atoms with Crippen LogP contribution in [0.2, 0.25) is 0 Å². The summed E-state index contributed by atoms with van der Waals surface area (Å²) in [5.41, 5.74) is 6.89. The van der Waals surface area contributed by atoms with Crippen LogP contribution >= 0.6 is 0 Å². The van der Waals surface area contributed by atoms with Crippen molar-refractivity contribution in [2.24, 2.45) is 7.05 Å². The van der Waals surface area contributed by atoms with Crippen LogP contribution < -0.4 is 20.7 Å². The first-order chi connectivity index (χ1) is 17.9. The quantitative estimate of drug-likeness (QED) is 0.346. The molecule has 3 heterocycles. The lowest BCUT2D eigenvalue weighted by Gasteiger charge is -2.37. The molecule has 3 aromatic carbocycles. The fourth-order valence-corrected chi connectivity index (χ4v) is 5.58. The van der Waals surface area contributed by atoms with Gasteiger partial charge in [0.05, 0.1) is 11.1 Å². The molecule has 0 unspecified atom stereocenters. The van der Waals surface area contributed by atoms with Gasteiger partial charge < -0.3 is 24.7 Å². The van der Waals surface area contributed by atoms with Crippen molar-refractivity contribution in [1.82, 2.24) is 9.55 Å². The van der Waals surface area contributed by atoms with E-state index in [0.717, 1.165) is 70.8 Å². The minimum Gasteiger partial charge on any atom is -0.388 e. The van der Waals surface area contributed by atoms with Crippen LogP contribution in [-0.2, 0) is 7.05 Å². The molecule has 2 aromatic heterocycles. The molecule has 1 aliphatic heterocycles. The average molecular weight is 496 g/mol. The summed E-state index contributed by atoms with van der Waals surface area (Å²) in [5, 5.41) is 5.77. The van der Waals surface area contributed by atoms with Crippen LogP contribution in [0, 0.1) is 12.7 Å². The molecule has 2 N–H and O–H groups in total. The lowest BCUT2D eigenvalue weighted by atomic mass is 10.0. The molecule has 5 aromatic rings. The number of nitrogens with one attached hydrogen (secondary N) is 2. The molecule has 0 bridgehead atoms. The molecular weight excluding hydrogens is 465 g/mol. The number of benzene rings is 3. The Labute approximate surface area is 214 Å². The number of hydrogen-bond acceptors (Lipinski definition) is 4. The molecule has 1 aliphatic rings. The Kier molecular flexibility index (Phi) is 5.63. The van der Waals surface area contributed by atoms with Crippen molar-refractivity contribution in [2.45, 2.75) is 6.92 Å². The lowest BCUT2D eigenvalue weighted by molar-refractivity contribution is 0.628. The number of hydrogen-bond donors (Lipinski definition) is 2. The van der Waals surface area contributed by atoms with Gasteiger partial charge in [-0.1, -0.05) is 0 Å². The van der Waals surface area contributed by atoms with Crippen molar-refractivity contribution in [3.8, 4) is 11.3 Å². The predicted molar refractivity (Wildman–Crippen MR) is 152 cm³/mol. The first-order valence-corrected chi connectivity index (χ1v) is 12.6. The van der Waals surface area contributed by atoms with Crippen molar-refractivity contribution in [3.05, 3.63) is 88.6 Å². The van der Waals surface area contributed by atoms with Gasteiger partial charge in [-0.05, 0) is 79.2 Å². The summed E-state index contributed by atoms with van der Waals surface area (Å²) in [6.45, 7) is 5.64. The van der Waals surface area contributed by atoms with Crippen LogP contribution in [-0.4, -0.2) is 42.8 Å². The fourth-order valence-electron chi connectivity index (χ4n) is 5.58. The van der Waals surface area contributed by atoms with Crippen molar-refractivity contribution in [3.63, 3.8) is 0 Å². The number of pyridine rings is 1. The van der Waals surface area contributed by atoms with E-state index in [1.165, 1.54) is 17.8 Å². The second kappa shape index (κ2) is 9.00. The van der Waals surface area contributed by atoms with Crippen LogP contribution in [0.25, 0.3) is 32.9 Å². The molecule has 1 saturated heterocycles. The SMILES string of the molecule is CNc1ccc(N2CCN(c3ccc4[nH]c(=O)c5c(C)n(C)c(-c6ccc(F)cc6)c5c4c3)CC2)cc1. The maximum atomic E-state index is 13.7. The largest absolute Gasteiger partial charge is 0.388 e. The number of anilines is 3. The standard InChI is InChI=1S/C30H30FN5O/c1-19-27-28(29(34(19)3)20-4-6-21(31)7-5-20)25-18-24(12-13-26(25)33-30(27)37)36-16-14-35(15-17-36)23-10-8-22(32-2)9-11-23/h4-13,18,32H,14-17H2,1-3H3,(H,33,37). The first kappa shape index (κ1) is 23.2. The summed E-state index contributed by atoms with van der Waals surface area (Å²) in [5.74, 6) is -0.277. The Hall–Kier alpha value is -4.26. The van der Waals surface area contributed by atoms with E-state index in [1.807, 2.05) is 31.7 Å². The average Bonchev–Trinajstić information content (AvgIpc) is 3.20. The number of aromatic amines is 1. The second-order valence-electron chi connectivity index (χ2n) is 9.70. The van der Waals surface area contributed by atoms with Crippen LogP contribution in [0.3, 0.4) is 0 Å². The molecule has 188 valence electrons. The zero-order valence-electron chi connectivity index (χ0n) is 21.3. The zero-order valence-corrected chi connectivity index (χ0v) is 21.3. The van der Waals surface area contributed by atoms with Crippen LogP contribution in [0.15, 0.2) is 71.5 Å². The normalized spacial score (nSPS) is 14.1. The molecule has 6 nitrogen and oxygen atoms in total. The summed E-state index contributed by atoms with van der Waals surface area (Å²) < 4.78 is 15.7. The molecule has 0 radical (unpaired) electrons. The molecule has 0 saturated carbocycles. The van der Waals surface area contributed by atoms with Gasteiger partial charge in [-0.15, -0.1) is 0 Å². The van der Waals surface area contributed by atoms with Crippen molar-refractivity contribution < 1.29 is 4.39 Å². The van der Waals surface area contributed by atoms with Crippen molar-refractivity contribution in [1.29, 1.82) is 0 Å². The molecule has 1 fully saturated rings. The lowest BCUT2D eigenvalue weighted by Crippen LogP contribution is -2.46. The van der Waals surface area contributed by atoms with Gasteiger partial charge in [-0.25, -0.2) is 4.39 Å². The van der Waals surface area contributed by atoms with E-state index in [2.05, 4.69) is 56.5 Å². The summed E-state index contributed by atoms with van der Waals surface area (Å²) in [7, 11) is 3.89. The monoisotopic (exact) mass is 495 g/mol. The number of piperazine rings is 1. The summed E-state index contributed by atoms with van der Waals surface area (Å²) in [6, 6.07) is 21.3. The Bertz CT molecular complexity index is 1660. The molecule has 7 heteroatoms. The number of nitrogens with zero attached hydrogens (tertiary/aromatic N) is 3. The Morgan fingerprint density at radius 1 is 0.838 bits per heavy atom. The van der Waals surface area contributed by atoms with E-state index < -0.39 is 0 Å².